The van der Waals surface area contributed by atoms with E-state index in [4.69, 9.17) is 4.52 Å². The van der Waals surface area contributed by atoms with Gasteiger partial charge in [-0.05, 0) is 46.5 Å². The first kappa shape index (κ1) is 27.7. The van der Waals surface area contributed by atoms with Crippen LogP contribution in [0.4, 0.5) is 0 Å². The van der Waals surface area contributed by atoms with E-state index in [0.717, 1.165) is 21.6 Å². The highest BCUT2D eigenvalue weighted by Gasteiger charge is 2.32. The summed E-state index contributed by atoms with van der Waals surface area (Å²) in [5.41, 5.74) is 2.59. The molecule has 3 atom stereocenters. The van der Waals surface area contributed by atoms with Gasteiger partial charge in [0.15, 0.2) is 0 Å². The largest absolute Gasteiger partial charge is 0.480 e. The minimum Gasteiger partial charge on any atom is -0.480 e. The number of carboxylic acid groups (broad SMARTS) is 1. The van der Waals surface area contributed by atoms with Gasteiger partial charge >= 0.3 is 13.7 Å². The Morgan fingerprint density at radius 1 is 1.08 bits per heavy atom. The lowest BCUT2D eigenvalue weighted by molar-refractivity contribution is -0.142. The van der Waals surface area contributed by atoms with Crippen LogP contribution in [0.25, 0.3) is 11.1 Å². The van der Waals surface area contributed by atoms with Gasteiger partial charge in [-0.2, -0.15) is 0 Å². The van der Waals surface area contributed by atoms with E-state index in [1.165, 1.54) is 11.3 Å². The van der Waals surface area contributed by atoms with Crippen LogP contribution in [0.15, 0.2) is 66.3 Å². The molecule has 0 bridgehead atoms. The van der Waals surface area contributed by atoms with Crippen LogP contribution in [0.3, 0.4) is 0 Å². The zero-order valence-electron chi connectivity index (χ0n) is 20.0. The Labute approximate surface area is 214 Å². The van der Waals surface area contributed by atoms with Gasteiger partial charge in [-0.25, -0.2) is 14.4 Å². The number of amides is 1. The third-order valence-electron chi connectivity index (χ3n) is 5.31. The van der Waals surface area contributed by atoms with Gasteiger partial charge in [0.1, 0.15) is 6.04 Å². The fraction of sp³-hybridized carbons (Fsp3) is 0.320. The molecule has 1 aromatic carbocycles. The maximum Gasteiger partial charge on any atom is 0.403 e. The topological polar surface area (TPSA) is 138 Å². The highest BCUT2D eigenvalue weighted by atomic mass is 32.1. The number of carbonyl (C=O) groups is 2. The number of rotatable bonds is 13. The average Bonchev–Trinajstić information content (AvgIpc) is 3.36. The number of aromatic nitrogens is 1. The van der Waals surface area contributed by atoms with Crippen molar-refractivity contribution in [3.63, 3.8) is 0 Å². The smallest absolute Gasteiger partial charge is 0.403 e. The van der Waals surface area contributed by atoms with Crippen LogP contribution < -0.4 is 10.4 Å². The fourth-order valence-corrected chi connectivity index (χ4v) is 5.25. The normalized spacial score (nSPS) is 14.7. The van der Waals surface area contributed by atoms with Crippen LogP contribution in [0.5, 0.6) is 0 Å². The maximum absolute atomic E-state index is 13.0. The SMILES string of the molecule is CC(C)C[C@H](NP(=O)(O)OCc1cccs1)C(=O)N[C@@H](Cc1ccc(-c2cccnc2)cc1)C(=O)O. The molecular weight excluding hydrogens is 501 g/mol. The molecule has 1 amide bonds. The molecule has 3 aromatic rings. The number of nitrogens with one attached hydrogen (secondary N) is 2. The first-order valence-electron chi connectivity index (χ1n) is 11.4. The Kier molecular flexibility index (Phi) is 9.92. The third-order valence-corrected chi connectivity index (χ3v) is 7.27. The Morgan fingerprint density at radius 2 is 1.83 bits per heavy atom. The summed E-state index contributed by atoms with van der Waals surface area (Å²) < 4.78 is 17.7. The molecule has 3 rings (SSSR count). The second-order valence-corrected chi connectivity index (χ2v) is 11.3. The molecule has 4 N–H and O–H groups in total. The first-order chi connectivity index (χ1) is 17.1. The molecule has 2 aromatic heterocycles. The third kappa shape index (κ3) is 8.65. The van der Waals surface area contributed by atoms with Crippen LogP contribution in [0, 0.1) is 5.92 Å². The Balaban J connectivity index is 1.65. The van der Waals surface area contributed by atoms with Crippen molar-refractivity contribution in [2.24, 2.45) is 5.92 Å². The van der Waals surface area contributed by atoms with Crippen molar-refractivity contribution in [2.45, 2.75) is 45.4 Å². The van der Waals surface area contributed by atoms with Gasteiger partial charge in [-0.1, -0.05) is 50.2 Å². The molecule has 2 heterocycles. The van der Waals surface area contributed by atoms with Crippen LogP contribution in [-0.4, -0.2) is 38.9 Å². The summed E-state index contributed by atoms with van der Waals surface area (Å²) in [6.45, 7) is 3.63. The van der Waals surface area contributed by atoms with E-state index >= 15 is 0 Å². The molecule has 36 heavy (non-hydrogen) atoms. The molecule has 0 aliphatic rings. The van der Waals surface area contributed by atoms with E-state index in [1.807, 2.05) is 43.5 Å². The van der Waals surface area contributed by atoms with Crippen molar-refractivity contribution >= 4 is 31.0 Å². The molecule has 0 aliphatic carbocycles. The van der Waals surface area contributed by atoms with E-state index in [0.29, 0.717) is 0 Å². The zero-order valence-corrected chi connectivity index (χ0v) is 21.7. The van der Waals surface area contributed by atoms with E-state index in [-0.39, 0.29) is 25.4 Å². The Bertz CT molecular complexity index is 1170. The number of carbonyl (C=O) groups excluding carboxylic acids is 1. The Hall–Kier alpha value is -2.88. The molecule has 0 spiro atoms. The number of pyridine rings is 1. The van der Waals surface area contributed by atoms with E-state index < -0.39 is 31.7 Å². The zero-order chi connectivity index (χ0) is 26.1. The summed E-state index contributed by atoms with van der Waals surface area (Å²) in [6.07, 6.45) is 3.69. The average molecular weight is 532 g/mol. The van der Waals surface area contributed by atoms with Crippen molar-refractivity contribution in [1.82, 2.24) is 15.4 Å². The number of carboxylic acids is 1. The van der Waals surface area contributed by atoms with E-state index in [2.05, 4.69) is 15.4 Å². The summed E-state index contributed by atoms with van der Waals surface area (Å²) in [5.74, 6) is -1.89. The molecule has 0 radical (unpaired) electrons. The van der Waals surface area contributed by atoms with Gasteiger partial charge < -0.3 is 15.3 Å². The molecule has 11 heteroatoms. The summed E-state index contributed by atoms with van der Waals surface area (Å²) in [5, 5.41) is 16.5. The van der Waals surface area contributed by atoms with Crippen LogP contribution >= 0.6 is 19.1 Å². The molecule has 1 unspecified atom stereocenters. The summed E-state index contributed by atoms with van der Waals surface area (Å²) in [7, 11) is -4.33. The summed E-state index contributed by atoms with van der Waals surface area (Å²) >= 11 is 1.38. The first-order valence-corrected chi connectivity index (χ1v) is 13.9. The van der Waals surface area contributed by atoms with Crippen LogP contribution in [0.1, 0.15) is 30.7 Å². The van der Waals surface area contributed by atoms with Gasteiger partial charge in [-0.15, -0.1) is 11.3 Å². The molecule has 0 aliphatic heterocycles. The van der Waals surface area contributed by atoms with E-state index in [1.54, 1.807) is 36.7 Å². The van der Waals surface area contributed by atoms with Gasteiger partial charge in [0.2, 0.25) is 5.91 Å². The number of hydrogen-bond acceptors (Lipinski definition) is 6. The van der Waals surface area contributed by atoms with Gasteiger partial charge in [0, 0.05) is 23.7 Å². The lowest BCUT2D eigenvalue weighted by atomic mass is 10.0. The minimum atomic E-state index is -4.33. The Morgan fingerprint density at radius 3 is 2.42 bits per heavy atom. The lowest BCUT2D eigenvalue weighted by Gasteiger charge is -2.24. The molecule has 192 valence electrons. The van der Waals surface area contributed by atoms with Crippen molar-refractivity contribution < 1.29 is 28.7 Å². The van der Waals surface area contributed by atoms with Crippen LogP contribution in [-0.2, 0) is 31.7 Å². The number of benzene rings is 1. The van der Waals surface area contributed by atoms with Gasteiger partial charge in [0.25, 0.3) is 0 Å². The second kappa shape index (κ2) is 12.9. The van der Waals surface area contributed by atoms with Crippen molar-refractivity contribution in [1.29, 1.82) is 0 Å². The molecule has 0 saturated carbocycles. The predicted molar refractivity (Wildman–Crippen MR) is 138 cm³/mol. The van der Waals surface area contributed by atoms with Crippen molar-refractivity contribution in [2.75, 3.05) is 0 Å². The highest BCUT2D eigenvalue weighted by Crippen LogP contribution is 2.39. The quantitative estimate of drug-likeness (QED) is 0.240. The monoisotopic (exact) mass is 531 g/mol. The highest BCUT2D eigenvalue weighted by molar-refractivity contribution is 7.50. The number of aliphatic carboxylic acids is 1. The summed E-state index contributed by atoms with van der Waals surface area (Å²) in [6, 6.07) is 12.3. The lowest BCUT2D eigenvalue weighted by Crippen LogP contribution is -2.50. The number of nitrogens with zero attached hydrogens (tertiary/aromatic N) is 1. The molecule has 0 fully saturated rings. The van der Waals surface area contributed by atoms with Crippen LogP contribution in [0.2, 0.25) is 0 Å². The molecular formula is C25H30N3O6PS. The minimum absolute atomic E-state index is 0.00570. The predicted octanol–water partition coefficient (Wildman–Crippen LogP) is 4.24. The van der Waals surface area contributed by atoms with Crippen molar-refractivity contribution in [3.05, 3.63) is 76.7 Å². The summed E-state index contributed by atoms with van der Waals surface area (Å²) in [4.78, 5) is 40.1. The maximum atomic E-state index is 13.0. The number of thiophene rings is 1. The van der Waals surface area contributed by atoms with Gasteiger partial charge in [0.05, 0.1) is 12.6 Å². The fourth-order valence-electron chi connectivity index (χ4n) is 3.54. The second-order valence-electron chi connectivity index (χ2n) is 8.73. The van der Waals surface area contributed by atoms with Crippen molar-refractivity contribution in [3.8, 4) is 11.1 Å². The molecule has 0 saturated heterocycles. The van der Waals surface area contributed by atoms with E-state index in [9.17, 15) is 24.2 Å². The number of hydrogen-bond donors (Lipinski definition) is 4. The van der Waals surface area contributed by atoms with Gasteiger partial charge in [-0.3, -0.25) is 14.3 Å². The molecule has 9 nitrogen and oxygen atoms in total. The standard InChI is InChI=1S/C25H30N3O6PS/c1-17(2)13-22(28-35(32,33)34-16-21-6-4-12-36-21)24(29)27-23(25(30)31)14-18-7-9-19(10-8-18)20-5-3-11-26-15-20/h3-12,15,17,22-23H,13-14,16H2,1-2H3,(H,27,29)(H,30,31)(H2,28,32,33)/t22-,23-/m0/s1.